The Kier molecular flexibility index (Phi) is 4.59. The number of hydrogen-bond acceptors (Lipinski definition) is 2. The lowest BCUT2D eigenvalue weighted by atomic mass is 9.82. The molecule has 3 nitrogen and oxygen atoms in total. The van der Waals surface area contributed by atoms with Crippen LogP contribution in [0.2, 0.25) is 0 Å². The molecule has 0 heterocycles. The molecule has 1 aliphatic carbocycles. The second kappa shape index (κ2) is 6.20. The largest absolute Gasteiger partial charge is 0.481 e. The van der Waals surface area contributed by atoms with Gasteiger partial charge in [0, 0.05) is 0 Å². The van der Waals surface area contributed by atoms with Gasteiger partial charge in [-0.25, -0.2) is 0 Å². The number of aliphatic carboxylic acids is 1. The lowest BCUT2D eigenvalue weighted by Gasteiger charge is -2.27. The molecule has 3 heteroatoms. The molecule has 3 atom stereocenters. The summed E-state index contributed by atoms with van der Waals surface area (Å²) in [6.45, 7) is 1.70. The van der Waals surface area contributed by atoms with Crippen LogP contribution in [0.15, 0.2) is 24.3 Å². The predicted molar refractivity (Wildman–Crippen MR) is 74.2 cm³/mol. The van der Waals surface area contributed by atoms with E-state index in [4.69, 9.17) is 5.11 Å². The van der Waals surface area contributed by atoms with E-state index in [0.717, 1.165) is 31.2 Å². The zero-order valence-electron chi connectivity index (χ0n) is 11.4. The smallest absolute Gasteiger partial charge is 0.310 e. The Morgan fingerprint density at radius 1 is 1.26 bits per heavy atom. The summed E-state index contributed by atoms with van der Waals surface area (Å²) in [6, 6.07) is 7.78. The van der Waals surface area contributed by atoms with Gasteiger partial charge in [0.15, 0.2) is 0 Å². The number of hydrogen-bond donors (Lipinski definition) is 2. The van der Waals surface area contributed by atoms with Crippen molar-refractivity contribution in [3.8, 4) is 0 Å². The molecular formula is C16H22O3. The van der Waals surface area contributed by atoms with Gasteiger partial charge in [0.05, 0.1) is 12.0 Å². The van der Waals surface area contributed by atoms with Crippen molar-refractivity contribution in [2.75, 3.05) is 0 Å². The molecule has 104 valence electrons. The highest BCUT2D eigenvalue weighted by atomic mass is 16.4. The van der Waals surface area contributed by atoms with Gasteiger partial charge in [-0.1, -0.05) is 37.1 Å². The van der Waals surface area contributed by atoms with Crippen LogP contribution >= 0.6 is 0 Å². The number of benzene rings is 1. The summed E-state index contributed by atoms with van der Waals surface area (Å²) in [5, 5.41) is 18.9. The van der Waals surface area contributed by atoms with E-state index < -0.39 is 11.9 Å². The Labute approximate surface area is 114 Å². The number of rotatable bonds is 4. The summed E-state index contributed by atoms with van der Waals surface area (Å²) in [4.78, 5) is 10.9. The Bertz CT molecular complexity index is 424. The summed E-state index contributed by atoms with van der Waals surface area (Å²) in [6.07, 6.45) is 5.06. The average molecular weight is 262 g/mol. The summed E-state index contributed by atoms with van der Waals surface area (Å²) >= 11 is 0. The Balaban J connectivity index is 2.00. The molecule has 0 radical (unpaired) electrons. The molecule has 1 aromatic rings. The van der Waals surface area contributed by atoms with Crippen LogP contribution in [0.1, 0.15) is 49.7 Å². The van der Waals surface area contributed by atoms with Gasteiger partial charge in [0.2, 0.25) is 0 Å². The van der Waals surface area contributed by atoms with Gasteiger partial charge in [-0.2, -0.15) is 0 Å². The molecule has 1 aliphatic rings. The molecule has 2 N–H and O–H groups in total. The van der Waals surface area contributed by atoms with Gasteiger partial charge < -0.3 is 10.2 Å². The van der Waals surface area contributed by atoms with E-state index in [0.29, 0.717) is 5.92 Å². The van der Waals surface area contributed by atoms with E-state index in [-0.39, 0.29) is 6.10 Å². The minimum absolute atomic E-state index is 0.175. The van der Waals surface area contributed by atoms with Crippen molar-refractivity contribution in [3.05, 3.63) is 35.4 Å². The van der Waals surface area contributed by atoms with E-state index in [1.807, 2.05) is 24.3 Å². The standard InChI is InChI=1S/C16H22O3/c1-11(16(18)19)13-8-6-12(7-9-13)10-14-4-2-3-5-15(14)17/h6-9,11,14-15,17H,2-5,10H2,1H3,(H,18,19)/t11?,14-,15+/m1/s1. The maximum absolute atomic E-state index is 10.9. The maximum Gasteiger partial charge on any atom is 0.310 e. The Morgan fingerprint density at radius 3 is 2.47 bits per heavy atom. The van der Waals surface area contributed by atoms with Gasteiger partial charge in [-0.05, 0) is 43.2 Å². The SMILES string of the molecule is CC(C(=O)O)c1ccc(C[C@H]2CCCC[C@@H]2O)cc1. The summed E-state index contributed by atoms with van der Waals surface area (Å²) < 4.78 is 0. The van der Waals surface area contributed by atoms with Crippen molar-refractivity contribution >= 4 is 5.97 Å². The monoisotopic (exact) mass is 262 g/mol. The summed E-state index contributed by atoms with van der Waals surface area (Å²) in [5.74, 6) is -0.902. The third-order valence-electron chi connectivity index (χ3n) is 4.22. The number of carboxylic acid groups (broad SMARTS) is 1. The molecule has 1 fully saturated rings. The molecule has 0 aromatic heterocycles. The molecule has 19 heavy (non-hydrogen) atoms. The molecule has 1 saturated carbocycles. The first-order valence-corrected chi connectivity index (χ1v) is 7.07. The predicted octanol–water partition coefficient (Wildman–Crippen LogP) is 2.97. The molecular weight excluding hydrogens is 240 g/mol. The lowest BCUT2D eigenvalue weighted by Crippen LogP contribution is -2.26. The molecule has 0 bridgehead atoms. The zero-order chi connectivity index (χ0) is 13.8. The van der Waals surface area contributed by atoms with Crippen LogP contribution in [0.25, 0.3) is 0 Å². The maximum atomic E-state index is 10.9. The fraction of sp³-hybridized carbons (Fsp3) is 0.562. The highest BCUT2D eigenvalue weighted by Crippen LogP contribution is 2.28. The molecule has 2 rings (SSSR count). The Hall–Kier alpha value is -1.35. The van der Waals surface area contributed by atoms with Crippen LogP contribution in [0.3, 0.4) is 0 Å². The highest BCUT2D eigenvalue weighted by Gasteiger charge is 2.23. The van der Waals surface area contributed by atoms with Crippen LogP contribution in [0, 0.1) is 5.92 Å². The van der Waals surface area contributed by atoms with Crippen molar-refractivity contribution in [1.82, 2.24) is 0 Å². The fourth-order valence-corrected chi connectivity index (χ4v) is 2.81. The van der Waals surface area contributed by atoms with Crippen molar-refractivity contribution in [1.29, 1.82) is 0 Å². The van der Waals surface area contributed by atoms with Crippen LogP contribution in [0.5, 0.6) is 0 Å². The van der Waals surface area contributed by atoms with Gasteiger partial charge in [-0.3, -0.25) is 4.79 Å². The van der Waals surface area contributed by atoms with Crippen LogP contribution in [-0.4, -0.2) is 22.3 Å². The first-order valence-electron chi connectivity index (χ1n) is 7.07. The van der Waals surface area contributed by atoms with E-state index in [1.54, 1.807) is 6.92 Å². The van der Waals surface area contributed by atoms with Crippen molar-refractivity contribution in [2.24, 2.45) is 5.92 Å². The second-order valence-corrected chi connectivity index (χ2v) is 5.62. The molecule has 1 unspecified atom stereocenters. The van der Waals surface area contributed by atoms with Gasteiger partial charge in [0.25, 0.3) is 0 Å². The minimum atomic E-state index is -0.796. The molecule has 0 saturated heterocycles. The van der Waals surface area contributed by atoms with Crippen LogP contribution in [0.4, 0.5) is 0 Å². The van der Waals surface area contributed by atoms with Gasteiger partial charge >= 0.3 is 5.97 Å². The van der Waals surface area contributed by atoms with E-state index in [1.165, 1.54) is 12.0 Å². The van der Waals surface area contributed by atoms with E-state index in [9.17, 15) is 9.90 Å². The van der Waals surface area contributed by atoms with Crippen LogP contribution in [-0.2, 0) is 11.2 Å². The average Bonchev–Trinajstić information content (AvgIpc) is 2.41. The summed E-state index contributed by atoms with van der Waals surface area (Å²) in [7, 11) is 0. The fourth-order valence-electron chi connectivity index (χ4n) is 2.81. The second-order valence-electron chi connectivity index (χ2n) is 5.62. The first-order chi connectivity index (χ1) is 9.08. The molecule has 0 amide bonds. The zero-order valence-corrected chi connectivity index (χ0v) is 11.4. The number of aliphatic hydroxyl groups excluding tert-OH is 1. The minimum Gasteiger partial charge on any atom is -0.481 e. The quantitative estimate of drug-likeness (QED) is 0.877. The summed E-state index contributed by atoms with van der Waals surface area (Å²) in [5.41, 5.74) is 2.02. The van der Waals surface area contributed by atoms with E-state index in [2.05, 4.69) is 0 Å². The number of carbonyl (C=O) groups is 1. The van der Waals surface area contributed by atoms with Crippen LogP contribution < -0.4 is 0 Å². The molecule has 0 spiro atoms. The van der Waals surface area contributed by atoms with Crippen molar-refractivity contribution in [2.45, 2.75) is 51.0 Å². The third kappa shape index (κ3) is 3.57. The Morgan fingerprint density at radius 2 is 1.89 bits per heavy atom. The van der Waals surface area contributed by atoms with Crippen molar-refractivity contribution < 1.29 is 15.0 Å². The molecule has 1 aromatic carbocycles. The lowest BCUT2D eigenvalue weighted by molar-refractivity contribution is -0.138. The van der Waals surface area contributed by atoms with Gasteiger partial charge in [0.1, 0.15) is 0 Å². The number of carboxylic acids is 1. The third-order valence-corrected chi connectivity index (χ3v) is 4.22. The van der Waals surface area contributed by atoms with Gasteiger partial charge in [-0.15, -0.1) is 0 Å². The number of aliphatic hydroxyl groups is 1. The molecule has 0 aliphatic heterocycles. The van der Waals surface area contributed by atoms with E-state index >= 15 is 0 Å². The highest BCUT2D eigenvalue weighted by molar-refractivity contribution is 5.75. The normalized spacial score (nSPS) is 24.9. The topological polar surface area (TPSA) is 57.5 Å². The first kappa shape index (κ1) is 14.1. The van der Waals surface area contributed by atoms with Crippen molar-refractivity contribution in [3.63, 3.8) is 0 Å².